The number of anilines is 1. The van der Waals surface area contributed by atoms with Crippen molar-refractivity contribution in [3.05, 3.63) is 28.7 Å². The van der Waals surface area contributed by atoms with E-state index in [0.29, 0.717) is 12.7 Å². The maximum atomic E-state index is 5.69. The van der Waals surface area contributed by atoms with Crippen LogP contribution < -0.4 is 10.1 Å². The number of halogens is 1. The highest BCUT2D eigenvalue weighted by Gasteiger charge is 2.15. The van der Waals surface area contributed by atoms with Crippen LogP contribution in [0, 0.1) is 0 Å². The average Bonchev–Trinajstić information content (AvgIpc) is 3.23. The van der Waals surface area contributed by atoms with Gasteiger partial charge in [0.1, 0.15) is 5.75 Å². The lowest BCUT2D eigenvalue weighted by Gasteiger charge is -2.08. The van der Waals surface area contributed by atoms with Crippen molar-refractivity contribution in [2.75, 3.05) is 30.8 Å². The first-order chi connectivity index (χ1) is 11.3. The summed E-state index contributed by atoms with van der Waals surface area (Å²) in [4.78, 5) is 0. The van der Waals surface area contributed by atoms with Crippen LogP contribution in [0.3, 0.4) is 0 Å². The van der Waals surface area contributed by atoms with Crippen LogP contribution in [0.25, 0.3) is 0 Å². The maximum absolute atomic E-state index is 5.69. The summed E-state index contributed by atoms with van der Waals surface area (Å²) in [5.74, 6) is 1.72. The standard InChI is InChI=1S/C15H18BrN3O2S2/c16-11-3-5-12(6-4-11)21-8-9-22-15-19-18-14(23-15)17-10-13-2-1-7-20-13/h3-6,13H,1-2,7-10H2,(H,17,18). The first kappa shape index (κ1) is 17.0. The van der Waals surface area contributed by atoms with E-state index in [-0.39, 0.29) is 0 Å². The molecule has 1 unspecified atom stereocenters. The van der Waals surface area contributed by atoms with Gasteiger partial charge in [-0.2, -0.15) is 0 Å². The predicted octanol–water partition coefficient (Wildman–Crippen LogP) is 4.06. The van der Waals surface area contributed by atoms with Gasteiger partial charge in [0.25, 0.3) is 0 Å². The minimum atomic E-state index is 0.314. The summed E-state index contributed by atoms with van der Waals surface area (Å²) in [6.45, 7) is 2.33. The van der Waals surface area contributed by atoms with E-state index in [1.54, 1.807) is 23.1 Å². The van der Waals surface area contributed by atoms with Gasteiger partial charge in [0, 0.05) is 23.4 Å². The van der Waals surface area contributed by atoms with Gasteiger partial charge in [0.05, 0.1) is 12.7 Å². The van der Waals surface area contributed by atoms with Crippen molar-refractivity contribution in [2.24, 2.45) is 0 Å². The fourth-order valence-corrected chi connectivity index (χ4v) is 4.08. The van der Waals surface area contributed by atoms with E-state index >= 15 is 0 Å². The van der Waals surface area contributed by atoms with Crippen LogP contribution in [0.1, 0.15) is 12.8 Å². The minimum Gasteiger partial charge on any atom is -0.493 e. The molecular weight excluding hydrogens is 398 g/mol. The zero-order valence-electron chi connectivity index (χ0n) is 12.5. The first-order valence-electron chi connectivity index (χ1n) is 7.50. The zero-order chi connectivity index (χ0) is 15.9. The van der Waals surface area contributed by atoms with Crippen LogP contribution in [0.15, 0.2) is 33.1 Å². The molecule has 124 valence electrons. The third kappa shape index (κ3) is 5.63. The molecule has 8 heteroatoms. The molecule has 0 radical (unpaired) electrons. The van der Waals surface area contributed by atoms with Gasteiger partial charge >= 0.3 is 0 Å². The molecule has 1 saturated heterocycles. The Kier molecular flexibility index (Phi) is 6.56. The number of aromatic nitrogens is 2. The fourth-order valence-electron chi connectivity index (χ4n) is 2.17. The molecular formula is C15H18BrN3O2S2. The Morgan fingerprint density at radius 1 is 1.35 bits per heavy atom. The molecule has 1 atom stereocenters. The van der Waals surface area contributed by atoms with E-state index in [4.69, 9.17) is 9.47 Å². The summed E-state index contributed by atoms with van der Waals surface area (Å²) in [6.07, 6.45) is 2.59. The summed E-state index contributed by atoms with van der Waals surface area (Å²) < 4.78 is 13.3. The van der Waals surface area contributed by atoms with Gasteiger partial charge in [0.15, 0.2) is 4.34 Å². The molecule has 0 spiro atoms. The molecule has 0 aliphatic carbocycles. The Balaban J connectivity index is 1.34. The van der Waals surface area contributed by atoms with Crippen LogP contribution in [0.4, 0.5) is 5.13 Å². The van der Waals surface area contributed by atoms with E-state index in [1.165, 1.54) is 0 Å². The van der Waals surface area contributed by atoms with Crippen molar-refractivity contribution in [2.45, 2.75) is 23.3 Å². The number of nitrogens with one attached hydrogen (secondary N) is 1. The lowest BCUT2D eigenvalue weighted by atomic mass is 10.2. The Morgan fingerprint density at radius 2 is 2.22 bits per heavy atom. The van der Waals surface area contributed by atoms with Crippen molar-refractivity contribution in [1.82, 2.24) is 10.2 Å². The number of hydrogen-bond donors (Lipinski definition) is 1. The summed E-state index contributed by atoms with van der Waals surface area (Å²) in [7, 11) is 0. The quantitative estimate of drug-likeness (QED) is 0.517. The topological polar surface area (TPSA) is 56.3 Å². The molecule has 23 heavy (non-hydrogen) atoms. The Morgan fingerprint density at radius 3 is 3.00 bits per heavy atom. The van der Waals surface area contributed by atoms with E-state index in [0.717, 1.165) is 51.4 Å². The van der Waals surface area contributed by atoms with Crippen LogP contribution in [-0.4, -0.2) is 41.8 Å². The summed E-state index contributed by atoms with van der Waals surface area (Å²) in [6, 6.07) is 7.85. The van der Waals surface area contributed by atoms with Crippen LogP contribution >= 0.6 is 39.0 Å². The third-order valence-electron chi connectivity index (χ3n) is 3.30. The predicted molar refractivity (Wildman–Crippen MR) is 97.7 cm³/mol. The molecule has 2 heterocycles. The molecule has 0 amide bonds. The highest BCUT2D eigenvalue weighted by Crippen LogP contribution is 2.26. The molecule has 3 rings (SSSR count). The smallest absolute Gasteiger partial charge is 0.206 e. The van der Waals surface area contributed by atoms with Crippen LogP contribution in [0.2, 0.25) is 0 Å². The van der Waals surface area contributed by atoms with E-state index in [1.807, 2.05) is 24.3 Å². The molecule has 2 aromatic rings. The van der Waals surface area contributed by atoms with Crippen molar-refractivity contribution in [1.29, 1.82) is 0 Å². The number of thioether (sulfide) groups is 1. The second-order valence-corrected chi connectivity index (χ2v) is 8.28. The lowest BCUT2D eigenvalue weighted by molar-refractivity contribution is 0.120. The average molecular weight is 416 g/mol. The van der Waals surface area contributed by atoms with Crippen molar-refractivity contribution < 1.29 is 9.47 Å². The van der Waals surface area contributed by atoms with Gasteiger partial charge in [-0.15, -0.1) is 10.2 Å². The van der Waals surface area contributed by atoms with Gasteiger partial charge in [-0.1, -0.05) is 39.0 Å². The van der Waals surface area contributed by atoms with Crippen molar-refractivity contribution in [3.63, 3.8) is 0 Å². The Labute approximate surface area is 152 Å². The van der Waals surface area contributed by atoms with Crippen LogP contribution in [-0.2, 0) is 4.74 Å². The highest BCUT2D eigenvalue weighted by atomic mass is 79.9. The largest absolute Gasteiger partial charge is 0.493 e. The van der Waals surface area contributed by atoms with Crippen molar-refractivity contribution >= 4 is 44.2 Å². The minimum absolute atomic E-state index is 0.314. The molecule has 1 aromatic heterocycles. The summed E-state index contributed by atoms with van der Waals surface area (Å²) in [5, 5.41) is 12.5. The number of benzene rings is 1. The number of nitrogens with zero attached hydrogens (tertiary/aromatic N) is 2. The van der Waals surface area contributed by atoms with Crippen molar-refractivity contribution in [3.8, 4) is 5.75 Å². The highest BCUT2D eigenvalue weighted by molar-refractivity contribution is 9.10. The summed E-state index contributed by atoms with van der Waals surface area (Å²) in [5.41, 5.74) is 0. The lowest BCUT2D eigenvalue weighted by Crippen LogP contribution is -2.18. The number of ether oxygens (including phenoxy) is 2. The molecule has 1 fully saturated rings. The number of rotatable bonds is 8. The zero-order valence-corrected chi connectivity index (χ0v) is 15.8. The molecule has 5 nitrogen and oxygen atoms in total. The van der Waals surface area contributed by atoms with Crippen LogP contribution in [0.5, 0.6) is 5.75 Å². The van der Waals surface area contributed by atoms with Gasteiger partial charge in [0.2, 0.25) is 5.13 Å². The molecule has 1 aliphatic heterocycles. The molecule has 0 saturated carbocycles. The maximum Gasteiger partial charge on any atom is 0.206 e. The summed E-state index contributed by atoms with van der Waals surface area (Å²) >= 11 is 6.64. The molecule has 0 bridgehead atoms. The molecule has 1 aliphatic rings. The van der Waals surface area contributed by atoms with Gasteiger partial charge in [-0.3, -0.25) is 0 Å². The Hall–Kier alpha value is -0.830. The molecule has 1 aromatic carbocycles. The third-order valence-corrected chi connectivity index (χ3v) is 5.81. The Bertz CT molecular complexity index is 603. The number of hydrogen-bond acceptors (Lipinski definition) is 7. The second-order valence-electron chi connectivity index (χ2n) is 5.04. The second kappa shape index (κ2) is 8.86. The van der Waals surface area contributed by atoms with E-state index in [9.17, 15) is 0 Å². The fraction of sp³-hybridized carbons (Fsp3) is 0.467. The first-order valence-corrected chi connectivity index (χ1v) is 10.1. The monoisotopic (exact) mass is 415 g/mol. The molecule has 1 N–H and O–H groups in total. The van der Waals surface area contributed by atoms with E-state index < -0.39 is 0 Å². The van der Waals surface area contributed by atoms with Gasteiger partial charge in [-0.25, -0.2) is 0 Å². The SMILES string of the molecule is Brc1ccc(OCCSc2nnc(NCC3CCCO3)s2)cc1. The van der Waals surface area contributed by atoms with Gasteiger partial charge < -0.3 is 14.8 Å². The van der Waals surface area contributed by atoms with Gasteiger partial charge in [-0.05, 0) is 37.1 Å². The normalized spacial score (nSPS) is 17.3. The van der Waals surface area contributed by atoms with E-state index in [2.05, 4.69) is 31.4 Å².